The number of nitro groups is 1. The van der Waals surface area contributed by atoms with Gasteiger partial charge in [0.1, 0.15) is 29.4 Å². The molecule has 0 spiro atoms. The fourth-order valence-electron chi connectivity index (χ4n) is 4.35. The molecule has 1 aliphatic carbocycles. The van der Waals surface area contributed by atoms with Crippen LogP contribution in [0.5, 0.6) is 17.2 Å². The van der Waals surface area contributed by atoms with E-state index >= 15 is 0 Å². The number of nitrogens with zero attached hydrogens (tertiary/aromatic N) is 1. The first-order valence-corrected chi connectivity index (χ1v) is 10.8. The maximum Gasteiger partial charge on any atom is 0.340 e. The predicted octanol–water partition coefficient (Wildman–Crippen LogP) is 5.66. The van der Waals surface area contributed by atoms with Gasteiger partial charge in [0.25, 0.3) is 5.69 Å². The van der Waals surface area contributed by atoms with Crippen molar-refractivity contribution in [1.82, 2.24) is 0 Å². The van der Waals surface area contributed by atoms with Gasteiger partial charge < -0.3 is 14.6 Å². The van der Waals surface area contributed by atoms with E-state index in [1.165, 1.54) is 25.1 Å². The van der Waals surface area contributed by atoms with Crippen molar-refractivity contribution in [2.45, 2.75) is 39.7 Å². The van der Waals surface area contributed by atoms with Crippen molar-refractivity contribution in [2.24, 2.45) is 0 Å². The Morgan fingerprint density at radius 3 is 2.35 bits per heavy atom. The SMILES string of the molecule is CC(=O)c1c(OCc2ccccc2)ccc(Oc2c(C)cc([N+](=O)[O-])c3c2CCC3)c1C(=O)O. The molecule has 4 rings (SSSR count). The van der Waals surface area contributed by atoms with Gasteiger partial charge >= 0.3 is 5.97 Å². The van der Waals surface area contributed by atoms with Crippen LogP contribution in [-0.4, -0.2) is 21.8 Å². The molecule has 0 bridgehead atoms. The zero-order chi connectivity index (χ0) is 24.4. The highest BCUT2D eigenvalue weighted by Crippen LogP contribution is 2.43. The Morgan fingerprint density at radius 2 is 1.71 bits per heavy atom. The predicted molar refractivity (Wildman–Crippen MR) is 124 cm³/mol. The molecule has 0 saturated carbocycles. The smallest absolute Gasteiger partial charge is 0.340 e. The van der Waals surface area contributed by atoms with Crippen molar-refractivity contribution >= 4 is 17.4 Å². The Morgan fingerprint density at radius 1 is 1.03 bits per heavy atom. The summed E-state index contributed by atoms with van der Waals surface area (Å²) in [5.74, 6) is -1.28. The molecule has 3 aromatic carbocycles. The number of rotatable bonds is 8. The van der Waals surface area contributed by atoms with Crippen LogP contribution in [0.2, 0.25) is 0 Å². The average Bonchev–Trinajstić information content (AvgIpc) is 3.29. The van der Waals surface area contributed by atoms with Crippen molar-refractivity contribution in [3.8, 4) is 17.2 Å². The molecular weight excluding hydrogens is 438 g/mol. The lowest BCUT2D eigenvalue weighted by atomic mass is 10.0. The highest BCUT2D eigenvalue weighted by atomic mass is 16.6. The second kappa shape index (κ2) is 9.35. The number of nitro benzene ring substituents is 1. The number of carbonyl (C=O) groups excluding carboxylic acids is 1. The van der Waals surface area contributed by atoms with E-state index in [0.29, 0.717) is 35.3 Å². The molecule has 0 aliphatic heterocycles. The van der Waals surface area contributed by atoms with E-state index in [1.54, 1.807) is 6.92 Å². The molecular formula is C26H23NO7. The quantitative estimate of drug-likeness (QED) is 0.261. The van der Waals surface area contributed by atoms with Gasteiger partial charge in [0, 0.05) is 17.2 Å². The molecule has 8 nitrogen and oxygen atoms in total. The summed E-state index contributed by atoms with van der Waals surface area (Å²) in [6.45, 7) is 3.12. The second-order valence-corrected chi connectivity index (χ2v) is 8.16. The summed E-state index contributed by atoms with van der Waals surface area (Å²) in [6, 6.07) is 13.7. The Labute approximate surface area is 195 Å². The van der Waals surface area contributed by atoms with Gasteiger partial charge in [0.15, 0.2) is 5.78 Å². The fourth-order valence-corrected chi connectivity index (χ4v) is 4.35. The Balaban J connectivity index is 1.77. The number of aromatic carboxylic acids is 1. The van der Waals surface area contributed by atoms with Crippen LogP contribution in [0.3, 0.4) is 0 Å². The zero-order valence-electron chi connectivity index (χ0n) is 18.8. The van der Waals surface area contributed by atoms with Crippen LogP contribution in [0, 0.1) is 17.0 Å². The van der Waals surface area contributed by atoms with Gasteiger partial charge in [-0.2, -0.15) is 0 Å². The van der Waals surface area contributed by atoms with Crippen LogP contribution >= 0.6 is 0 Å². The van der Waals surface area contributed by atoms with E-state index < -0.39 is 16.7 Å². The minimum atomic E-state index is -1.33. The lowest BCUT2D eigenvalue weighted by Gasteiger charge is -2.18. The summed E-state index contributed by atoms with van der Waals surface area (Å²) in [5.41, 5.74) is 2.36. The Hall–Kier alpha value is -4.20. The third-order valence-corrected chi connectivity index (χ3v) is 5.85. The number of aryl methyl sites for hydroxylation is 1. The van der Waals surface area contributed by atoms with E-state index in [4.69, 9.17) is 9.47 Å². The lowest BCUT2D eigenvalue weighted by molar-refractivity contribution is -0.385. The first kappa shape index (κ1) is 23.0. The second-order valence-electron chi connectivity index (χ2n) is 8.16. The number of ketones is 1. The van der Waals surface area contributed by atoms with Crippen LogP contribution in [0.1, 0.15) is 56.3 Å². The third kappa shape index (κ3) is 4.34. The summed E-state index contributed by atoms with van der Waals surface area (Å²) >= 11 is 0. The van der Waals surface area contributed by atoms with Gasteiger partial charge in [-0.25, -0.2) is 4.79 Å². The summed E-state index contributed by atoms with van der Waals surface area (Å²) in [6.07, 6.45) is 1.89. The van der Waals surface area contributed by atoms with Gasteiger partial charge in [0.05, 0.1) is 10.5 Å². The number of Topliss-reactive ketones (excluding diaryl/α,β-unsaturated/α-hetero) is 1. The molecule has 8 heteroatoms. The molecule has 0 fully saturated rings. The van der Waals surface area contributed by atoms with Gasteiger partial charge in [-0.3, -0.25) is 14.9 Å². The summed E-state index contributed by atoms with van der Waals surface area (Å²) in [7, 11) is 0. The summed E-state index contributed by atoms with van der Waals surface area (Å²) in [4.78, 5) is 35.8. The highest BCUT2D eigenvalue weighted by molar-refractivity contribution is 6.08. The number of carbonyl (C=O) groups is 2. The average molecular weight is 461 g/mol. The molecule has 0 unspecified atom stereocenters. The third-order valence-electron chi connectivity index (χ3n) is 5.85. The minimum Gasteiger partial charge on any atom is -0.488 e. The highest BCUT2D eigenvalue weighted by Gasteiger charge is 2.30. The number of benzene rings is 3. The number of fused-ring (bicyclic) bond motifs is 1. The van der Waals surface area contributed by atoms with Crippen molar-refractivity contribution < 1.29 is 29.1 Å². The van der Waals surface area contributed by atoms with Crippen LogP contribution in [0.15, 0.2) is 48.5 Å². The first-order chi connectivity index (χ1) is 16.3. The monoisotopic (exact) mass is 461 g/mol. The summed E-state index contributed by atoms with van der Waals surface area (Å²) in [5, 5.41) is 21.5. The molecule has 174 valence electrons. The van der Waals surface area contributed by atoms with E-state index in [9.17, 15) is 24.8 Å². The first-order valence-electron chi connectivity index (χ1n) is 10.8. The van der Waals surface area contributed by atoms with Crippen LogP contribution in [-0.2, 0) is 19.4 Å². The van der Waals surface area contributed by atoms with E-state index in [-0.39, 0.29) is 34.9 Å². The van der Waals surface area contributed by atoms with Gasteiger partial charge in [0.2, 0.25) is 0 Å². The largest absolute Gasteiger partial charge is 0.488 e. The molecule has 0 heterocycles. The molecule has 1 N–H and O–H groups in total. The van der Waals surface area contributed by atoms with E-state index in [1.807, 2.05) is 30.3 Å². The summed E-state index contributed by atoms with van der Waals surface area (Å²) < 4.78 is 11.9. The topological polar surface area (TPSA) is 116 Å². The maximum absolute atomic E-state index is 12.5. The van der Waals surface area contributed by atoms with Crippen molar-refractivity contribution in [3.05, 3.63) is 92.0 Å². The van der Waals surface area contributed by atoms with E-state index in [0.717, 1.165) is 12.0 Å². The lowest BCUT2D eigenvalue weighted by Crippen LogP contribution is -2.12. The standard InChI is InChI=1S/C26H23NO7/c1-15-13-20(27(31)32)18-9-6-10-19(18)25(15)34-22-12-11-21(23(16(2)28)24(22)26(29)30)33-14-17-7-4-3-5-8-17/h3-5,7-8,11-13H,6,9-10,14H2,1-2H3,(H,29,30). The number of hydrogen-bond donors (Lipinski definition) is 1. The molecule has 0 saturated heterocycles. The molecule has 1 aliphatic rings. The van der Waals surface area contributed by atoms with E-state index in [2.05, 4.69) is 0 Å². The number of carboxylic acids is 1. The normalized spacial score (nSPS) is 12.2. The van der Waals surface area contributed by atoms with Crippen molar-refractivity contribution in [1.29, 1.82) is 0 Å². The molecule has 34 heavy (non-hydrogen) atoms. The molecule has 0 amide bonds. The van der Waals surface area contributed by atoms with Gasteiger partial charge in [-0.05, 0) is 56.4 Å². The Bertz CT molecular complexity index is 1300. The maximum atomic E-state index is 12.5. The fraction of sp³-hybridized carbons (Fsp3) is 0.231. The molecule has 0 radical (unpaired) electrons. The van der Waals surface area contributed by atoms with Crippen LogP contribution in [0.25, 0.3) is 0 Å². The molecule has 0 aromatic heterocycles. The van der Waals surface area contributed by atoms with Crippen LogP contribution < -0.4 is 9.47 Å². The number of hydrogen-bond acceptors (Lipinski definition) is 6. The zero-order valence-corrected chi connectivity index (χ0v) is 18.8. The van der Waals surface area contributed by atoms with Crippen molar-refractivity contribution in [2.75, 3.05) is 0 Å². The van der Waals surface area contributed by atoms with Gasteiger partial charge in [-0.15, -0.1) is 0 Å². The van der Waals surface area contributed by atoms with Gasteiger partial charge in [-0.1, -0.05) is 30.3 Å². The van der Waals surface area contributed by atoms with Crippen LogP contribution in [0.4, 0.5) is 5.69 Å². The number of ether oxygens (including phenoxy) is 2. The molecule has 0 atom stereocenters. The minimum absolute atomic E-state index is 0.0178. The molecule has 3 aromatic rings. The Kier molecular flexibility index (Phi) is 6.32. The number of carboxylic acid groups (broad SMARTS) is 1. The van der Waals surface area contributed by atoms with Crippen molar-refractivity contribution in [3.63, 3.8) is 0 Å².